The maximum Gasteiger partial charge on any atom is 0.349 e. The van der Waals surface area contributed by atoms with Gasteiger partial charge in [0.05, 0.1) is 21.4 Å². The van der Waals surface area contributed by atoms with E-state index in [1.807, 2.05) is 54.2 Å². The fraction of sp³-hybridized carbons (Fsp3) is 0.375. The number of hydrogen-bond acceptors (Lipinski definition) is 10. The van der Waals surface area contributed by atoms with E-state index in [1.165, 1.54) is 34.8 Å². The quantitative estimate of drug-likeness (QED) is 0.0881. The summed E-state index contributed by atoms with van der Waals surface area (Å²) in [5.74, 6) is -0.467. The molecule has 1 atom stereocenters. The molecule has 1 aliphatic rings. The second-order valence-electron chi connectivity index (χ2n) is 13.5. The van der Waals surface area contributed by atoms with Crippen molar-refractivity contribution in [2.75, 3.05) is 13.6 Å². The highest BCUT2D eigenvalue weighted by molar-refractivity contribution is 7.12. The molecule has 4 N–H and O–H groups in total. The normalized spacial score (nSPS) is 17.1. The lowest BCUT2D eigenvalue weighted by atomic mass is 9.91. The number of rotatable bonds is 15. The molecule has 1 saturated carbocycles. The van der Waals surface area contributed by atoms with Gasteiger partial charge in [-0.15, -0.1) is 22.7 Å². The van der Waals surface area contributed by atoms with Gasteiger partial charge in [0.1, 0.15) is 17.6 Å². The number of nitrogens with zero attached hydrogens (tertiary/aromatic N) is 1. The Balaban J connectivity index is 0.908. The minimum absolute atomic E-state index is 0.0282. The molecule has 0 bridgehead atoms. The number of hydrogen-bond donors (Lipinski definition) is 4. The molecule has 9 nitrogen and oxygen atoms in total. The number of aryl methyl sites for hydroxylation is 1. The number of phenolic OH excluding ortho intramolecular Hbond substituents is 1. The lowest BCUT2D eigenvalue weighted by Crippen LogP contribution is -2.42. The number of aromatic amines is 1. The fourth-order valence-corrected chi connectivity index (χ4v) is 8.67. The van der Waals surface area contributed by atoms with Crippen LogP contribution >= 0.6 is 22.7 Å². The predicted molar refractivity (Wildman–Crippen MR) is 200 cm³/mol. The standard InChI is InChI=1S/C40H44N2O7S2/c1-42(28-13-15-30(16-14-28)49-39(47)40(48,35-7-3-23-50-35)36-8-4-24-51-36)22-21-29(43)25-27-11-9-26(10-12-27)5-2-6-33(44)31-17-19-34(45)38-32(31)18-20-37(46)41-38/h3-4,7-12,17-20,23-24,28,30,33,44-45,48H,2,5-6,13-16,21-22,25H2,1H3,(H,41,46)/t28?,30?,33-/m0/s1. The largest absolute Gasteiger partial charge is 0.506 e. The van der Waals surface area contributed by atoms with E-state index in [0.29, 0.717) is 70.9 Å². The van der Waals surface area contributed by atoms with Crippen molar-refractivity contribution in [3.05, 3.63) is 120 Å². The molecule has 0 saturated heterocycles. The second-order valence-corrected chi connectivity index (χ2v) is 15.4. The number of pyridine rings is 1. The topological polar surface area (TPSA) is 140 Å². The highest BCUT2D eigenvalue weighted by Gasteiger charge is 2.45. The molecular formula is C40H44N2O7S2. The molecule has 51 heavy (non-hydrogen) atoms. The molecule has 3 heterocycles. The molecule has 5 aromatic rings. The van der Waals surface area contributed by atoms with Gasteiger partial charge in [0.15, 0.2) is 0 Å². The van der Waals surface area contributed by atoms with Crippen LogP contribution < -0.4 is 5.56 Å². The molecule has 2 aromatic carbocycles. The SMILES string of the molecule is CN(CCC(=O)Cc1ccc(CCC[C@H](O)c2ccc(O)c3[nH]c(=O)ccc23)cc1)C1CCC(OC(=O)C(O)(c2cccs2)c2cccs2)CC1. The molecule has 1 fully saturated rings. The number of carbonyl (C=O) groups is 2. The van der Waals surface area contributed by atoms with E-state index in [9.17, 15) is 29.7 Å². The molecular weight excluding hydrogens is 685 g/mol. The number of aliphatic hydroxyl groups is 2. The first-order valence-electron chi connectivity index (χ1n) is 17.5. The van der Waals surface area contributed by atoms with Crippen molar-refractivity contribution in [3.63, 3.8) is 0 Å². The van der Waals surface area contributed by atoms with Crippen LogP contribution in [0.4, 0.5) is 0 Å². The lowest BCUT2D eigenvalue weighted by Gasteiger charge is -2.35. The van der Waals surface area contributed by atoms with Crippen molar-refractivity contribution in [1.82, 2.24) is 9.88 Å². The van der Waals surface area contributed by atoms with Gasteiger partial charge in [0.2, 0.25) is 11.2 Å². The summed E-state index contributed by atoms with van der Waals surface area (Å²) in [5, 5.41) is 36.8. The number of aromatic nitrogens is 1. The summed E-state index contributed by atoms with van der Waals surface area (Å²) >= 11 is 2.67. The third-order valence-electron chi connectivity index (χ3n) is 9.97. The third-order valence-corrected chi connectivity index (χ3v) is 11.9. The smallest absolute Gasteiger partial charge is 0.349 e. The Morgan fingerprint density at radius 3 is 2.25 bits per heavy atom. The van der Waals surface area contributed by atoms with Crippen LogP contribution in [0.1, 0.15) is 77.5 Å². The first-order valence-corrected chi connectivity index (χ1v) is 19.2. The van der Waals surface area contributed by atoms with Gasteiger partial charge in [-0.25, -0.2) is 4.79 Å². The van der Waals surface area contributed by atoms with Crippen LogP contribution in [0.5, 0.6) is 5.75 Å². The maximum absolute atomic E-state index is 13.3. The summed E-state index contributed by atoms with van der Waals surface area (Å²) < 4.78 is 5.90. The third kappa shape index (κ3) is 8.68. The Bertz CT molecular complexity index is 1930. The number of fused-ring (bicyclic) bond motifs is 1. The molecule has 0 amide bonds. The summed E-state index contributed by atoms with van der Waals surface area (Å²) in [6, 6.07) is 21.7. The van der Waals surface area contributed by atoms with E-state index < -0.39 is 17.7 Å². The van der Waals surface area contributed by atoms with Crippen molar-refractivity contribution in [2.45, 2.75) is 81.6 Å². The van der Waals surface area contributed by atoms with Crippen LogP contribution in [0.15, 0.2) is 88.4 Å². The second kappa shape index (κ2) is 16.5. The number of nitrogens with one attached hydrogen (secondary N) is 1. The van der Waals surface area contributed by atoms with Crippen LogP contribution in [0, 0.1) is 0 Å². The van der Waals surface area contributed by atoms with Crippen molar-refractivity contribution < 1.29 is 29.6 Å². The first kappa shape index (κ1) is 36.7. The van der Waals surface area contributed by atoms with E-state index in [2.05, 4.69) is 9.88 Å². The van der Waals surface area contributed by atoms with Gasteiger partial charge in [-0.05, 0) is 104 Å². The number of phenols is 1. The van der Waals surface area contributed by atoms with E-state index in [1.54, 1.807) is 24.3 Å². The Labute approximate surface area is 305 Å². The summed E-state index contributed by atoms with van der Waals surface area (Å²) in [6.45, 7) is 0.664. The molecule has 0 aliphatic heterocycles. The predicted octanol–water partition coefficient (Wildman–Crippen LogP) is 6.64. The van der Waals surface area contributed by atoms with Crippen molar-refractivity contribution in [2.24, 2.45) is 0 Å². The monoisotopic (exact) mass is 728 g/mol. The Kier molecular flexibility index (Phi) is 11.8. The number of Topliss-reactive ketones (excluding diaryl/α,β-unsaturated/α-hetero) is 1. The number of esters is 1. The van der Waals surface area contributed by atoms with Crippen LogP contribution in [0.3, 0.4) is 0 Å². The summed E-state index contributed by atoms with van der Waals surface area (Å²) in [4.78, 5) is 43.9. The summed E-state index contributed by atoms with van der Waals surface area (Å²) in [5.41, 5.74) is 0.992. The van der Waals surface area contributed by atoms with Crippen molar-refractivity contribution >= 4 is 45.3 Å². The van der Waals surface area contributed by atoms with Crippen LogP contribution in [-0.2, 0) is 32.8 Å². The molecule has 6 rings (SSSR count). The highest BCUT2D eigenvalue weighted by Crippen LogP contribution is 2.38. The molecule has 11 heteroatoms. The van der Waals surface area contributed by atoms with Crippen molar-refractivity contribution in [3.8, 4) is 5.75 Å². The van der Waals surface area contributed by atoms with E-state index in [4.69, 9.17) is 4.74 Å². The Hall–Kier alpha value is -4.13. The fourth-order valence-electron chi connectivity index (χ4n) is 6.96. The minimum atomic E-state index is -1.79. The number of ether oxygens (including phenoxy) is 1. The Morgan fingerprint density at radius 2 is 1.61 bits per heavy atom. The summed E-state index contributed by atoms with van der Waals surface area (Å²) in [7, 11) is 2.05. The van der Waals surface area contributed by atoms with E-state index in [0.717, 1.165) is 36.8 Å². The maximum atomic E-state index is 13.3. The molecule has 0 spiro atoms. The zero-order valence-corrected chi connectivity index (χ0v) is 30.3. The summed E-state index contributed by atoms with van der Waals surface area (Å²) in [6.07, 6.45) is 5.01. The van der Waals surface area contributed by atoms with Gasteiger partial charge in [0, 0.05) is 36.9 Å². The highest BCUT2D eigenvalue weighted by atomic mass is 32.1. The van der Waals surface area contributed by atoms with Gasteiger partial charge >= 0.3 is 5.97 Å². The molecule has 268 valence electrons. The van der Waals surface area contributed by atoms with E-state index >= 15 is 0 Å². The number of thiophene rings is 2. The number of aromatic hydroxyl groups is 1. The number of ketones is 1. The number of aliphatic hydroxyl groups excluding tert-OH is 1. The van der Waals surface area contributed by atoms with Gasteiger partial charge < -0.3 is 29.9 Å². The zero-order chi connectivity index (χ0) is 36.0. The van der Waals surface area contributed by atoms with Crippen molar-refractivity contribution in [1.29, 1.82) is 0 Å². The average Bonchev–Trinajstić information content (AvgIpc) is 3.88. The number of benzene rings is 2. The molecule has 3 aromatic heterocycles. The van der Waals surface area contributed by atoms with Gasteiger partial charge in [0.25, 0.3) is 0 Å². The van der Waals surface area contributed by atoms with Crippen LogP contribution in [0.2, 0.25) is 0 Å². The van der Waals surface area contributed by atoms with Crippen LogP contribution in [-0.4, -0.2) is 62.7 Å². The lowest BCUT2D eigenvalue weighted by molar-refractivity contribution is -0.169. The molecule has 1 aliphatic carbocycles. The molecule has 0 radical (unpaired) electrons. The average molecular weight is 729 g/mol. The van der Waals surface area contributed by atoms with Gasteiger partial charge in [-0.3, -0.25) is 9.59 Å². The van der Waals surface area contributed by atoms with Crippen LogP contribution in [0.25, 0.3) is 10.9 Å². The Morgan fingerprint density at radius 1 is 0.941 bits per heavy atom. The number of carbonyl (C=O) groups excluding carboxylic acids is 2. The molecule has 0 unspecified atom stereocenters. The first-order chi connectivity index (χ1) is 24.6. The minimum Gasteiger partial charge on any atom is -0.506 e. The van der Waals surface area contributed by atoms with Gasteiger partial charge in [-0.2, -0.15) is 0 Å². The zero-order valence-electron chi connectivity index (χ0n) is 28.6. The number of H-pyrrole nitrogens is 1. The van der Waals surface area contributed by atoms with Gasteiger partial charge in [-0.1, -0.05) is 42.5 Å². The van der Waals surface area contributed by atoms with E-state index in [-0.39, 0.29) is 23.2 Å².